The van der Waals surface area contributed by atoms with Crippen LogP contribution < -0.4 is 0 Å². The van der Waals surface area contributed by atoms with E-state index in [2.05, 4.69) is 34.6 Å². The van der Waals surface area contributed by atoms with E-state index >= 15 is 0 Å². The van der Waals surface area contributed by atoms with Crippen LogP contribution in [0.5, 0.6) is 0 Å². The normalized spacial score (nSPS) is 44.6. The van der Waals surface area contributed by atoms with E-state index in [0.29, 0.717) is 12.5 Å². The predicted molar refractivity (Wildman–Crippen MR) is 121 cm³/mol. The molecule has 0 saturated heterocycles. The van der Waals surface area contributed by atoms with Crippen LogP contribution in [0.1, 0.15) is 99.3 Å². The van der Waals surface area contributed by atoms with Gasteiger partial charge in [0, 0.05) is 6.92 Å². The third-order valence-corrected chi connectivity index (χ3v) is 10.00. The average molecular weight is 405 g/mol. The maximum Gasteiger partial charge on any atom is 0.302 e. The van der Waals surface area contributed by atoms with Crippen LogP contribution in [0.2, 0.25) is 0 Å². The van der Waals surface area contributed by atoms with Gasteiger partial charge >= 0.3 is 5.97 Å². The molecular weight excluding hydrogens is 356 g/mol. The summed E-state index contributed by atoms with van der Waals surface area (Å²) in [5, 5.41) is 0. The summed E-state index contributed by atoms with van der Waals surface area (Å²) in [7, 11) is 0. The highest BCUT2D eigenvalue weighted by Crippen LogP contribution is 2.56. The number of ether oxygens (including phenoxy) is 1. The lowest BCUT2D eigenvalue weighted by Gasteiger charge is -2.31. The van der Waals surface area contributed by atoms with Crippen LogP contribution in [-0.2, 0) is 9.53 Å². The van der Waals surface area contributed by atoms with Crippen LogP contribution in [-0.4, -0.2) is 12.6 Å². The topological polar surface area (TPSA) is 26.3 Å². The lowest BCUT2D eigenvalue weighted by molar-refractivity contribution is -0.143. The maximum absolute atomic E-state index is 10.7. The molecule has 29 heavy (non-hydrogen) atoms. The Morgan fingerprint density at radius 1 is 0.759 bits per heavy atom. The molecule has 10 atom stereocenters. The summed E-state index contributed by atoms with van der Waals surface area (Å²) < 4.78 is 5.12. The van der Waals surface area contributed by atoms with E-state index in [9.17, 15) is 4.79 Å². The van der Waals surface area contributed by atoms with Gasteiger partial charge in [0.25, 0.3) is 0 Å². The molecule has 168 valence electrons. The summed E-state index contributed by atoms with van der Waals surface area (Å²) in [4.78, 5) is 10.7. The Kier molecular flexibility index (Phi) is 8.13. The average Bonchev–Trinajstić information content (AvgIpc) is 3.42. The number of carbonyl (C=O) groups excluding carboxylic acids is 1. The Bertz CT molecular complexity index is 525. The first-order valence-electron chi connectivity index (χ1n) is 13.0. The lowest BCUT2D eigenvalue weighted by Crippen LogP contribution is -2.27. The molecular formula is C27H48O2. The standard InChI is InChI=1S/C15H28.C12H20O2/c1-4-5-6-7-8-13-9-14-10-15(13)12(3)11(14)2;1-7-8(2)12-5-10(7)4-11(12)6-14-9(3)13/h11-15H,4-10H2,1-3H3;7-8,10-12H,4-6H2,1-3H3. The molecule has 0 aromatic rings. The van der Waals surface area contributed by atoms with Crippen LogP contribution in [0.15, 0.2) is 0 Å². The van der Waals surface area contributed by atoms with Gasteiger partial charge in [-0.3, -0.25) is 4.79 Å². The number of fused-ring (bicyclic) bond motifs is 4. The molecule has 4 aliphatic rings. The molecule has 0 heterocycles. The van der Waals surface area contributed by atoms with Gasteiger partial charge in [-0.25, -0.2) is 0 Å². The zero-order valence-corrected chi connectivity index (χ0v) is 20.2. The van der Waals surface area contributed by atoms with Gasteiger partial charge in [0.05, 0.1) is 6.61 Å². The van der Waals surface area contributed by atoms with Crippen molar-refractivity contribution in [3.8, 4) is 0 Å². The number of esters is 1. The molecule has 0 aromatic carbocycles. The fourth-order valence-electron chi connectivity index (χ4n) is 7.77. The molecule has 0 aliphatic heterocycles. The van der Waals surface area contributed by atoms with Gasteiger partial charge in [-0.05, 0) is 84.9 Å². The Labute approximate surface area is 180 Å². The van der Waals surface area contributed by atoms with E-state index in [0.717, 1.165) is 53.3 Å². The van der Waals surface area contributed by atoms with Gasteiger partial charge in [0.2, 0.25) is 0 Å². The summed E-state index contributed by atoms with van der Waals surface area (Å²) in [6, 6.07) is 0. The molecule has 0 N–H and O–H groups in total. The number of hydrogen-bond donors (Lipinski definition) is 0. The molecule has 4 rings (SSSR count). The highest BCUT2D eigenvalue weighted by atomic mass is 16.5. The van der Waals surface area contributed by atoms with E-state index in [1.807, 2.05) is 0 Å². The highest BCUT2D eigenvalue weighted by Gasteiger charge is 2.49. The lowest BCUT2D eigenvalue weighted by atomic mass is 9.74. The zero-order valence-electron chi connectivity index (χ0n) is 20.2. The van der Waals surface area contributed by atoms with Crippen molar-refractivity contribution in [2.75, 3.05) is 6.61 Å². The minimum absolute atomic E-state index is 0.131. The number of carbonyl (C=O) groups is 1. The first-order chi connectivity index (χ1) is 13.8. The molecule has 4 fully saturated rings. The molecule has 0 spiro atoms. The van der Waals surface area contributed by atoms with Gasteiger partial charge in [0.15, 0.2) is 0 Å². The van der Waals surface area contributed by atoms with E-state index in [4.69, 9.17) is 4.74 Å². The SMILES string of the molecule is CC(=O)OCC1CC2CC1C(C)C2C.CCCCCCC1CC2CC1C(C)C2C. The Hall–Kier alpha value is -0.530. The minimum atomic E-state index is -0.131. The van der Waals surface area contributed by atoms with Crippen LogP contribution in [0.4, 0.5) is 0 Å². The van der Waals surface area contributed by atoms with E-state index in [-0.39, 0.29) is 5.97 Å². The van der Waals surface area contributed by atoms with Gasteiger partial charge in [-0.1, -0.05) is 66.7 Å². The van der Waals surface area contributed by atoms with Crippen molar-refractivity contribution in [3.63, 3.8) is 0 Å². The molecule has 2 heteroatoms. The number of hydrogen-bond acceptors (Lipinski definition) is 2. The Morgan fingerprint density at radius 3 is 1.79 bits per heavy atom. The monoisotopic (exact) mass is 404 g/mol. The minimum Gasteiger partial charge on any atom is -0.466 e. The van der Waals surface area contributed by atoms with Crippen molar-refractivity contribution in [1.82, 2.24) is 0 Å². The molecule has 2 nitrogen and oxygen atoms in total. The van der Waals surface area contributed by atoms with E-state index < -0.39 is 0 Å². The van der Waals surface area contributed by atoms with Crippen LogP contribution in [0.3, 0.4) is 0 Å². The first kappa shape index (κ1) is 23.1. The van der Waals surface area contributed by atoms with Gasteiger partial charge < -0.3 is 4.74 Å². The maximum atomic E-state index is 10.7. The Balaban J connectivity index is 0.000000166. The predicted octanol–water partition coefficient (Wildman–Crippen LogP) is 7.36. The summed E-state index contributed by atoms with van der Waals surface area (Å²) in [6.07, 6.45) is 13.1. The van der Waals surface area contributed by atoms with Crippen molar-refractivity contribution in [1.29, 1.82) is 0 Å². The van der Waals surface area contributed by atoms with E-state index in [1.165, 1.54) is 51.9 Å². The van der Waals surface area contributed by atoms with Gasteiger partial charge in [-0.15, -0.1) is 0 Å². The van der Waals surface area contributed by atoms with Crippen LogP contribution in [0.25, 0.3) is 0 Å². The molecule has 4 aliphatic carbocycles. The van der Waals surface area contributed by atoms with Gasteiger partial charge in [-0.2, -0.15) is 0 Å². The quantitative estimate of drug-likeness (QED) is 0.327. The zero-order chi connectivity index (χ0) is 21.1. The van der Waals surface area contributed by atoms with Crippen molar-refractivity contribution in [2.24, 2.45) is 59.2 Å². The third kappa shape index (κ3) is 5.21. The van der Waals surface area contributed by atoms with Crippen molar-refractivity contribution >= 4 is 5.97 Å². The van der Waals surface area contributed by atoms with Crippen molar-refractivity contribution in [3.05, 3.63) is 0 Å². The van der Waals surface area contributed by atoms with Gasteiger partial charge in [0.1, 0.15) is 0 Å². The van der Waals surface area contributed by atoms with Crippen LogP contribution >= 0.6 is 0 Å². The van der Waals surface area contributed by atoms with E-state index in [1.54, 1.807) is 12.8 Å². The molecule has 0 amide bonds. The molecule has 10 unspecified atom stereocenters. The highest BCUT2D eigenvalue weighted by molar-refractivity contribution is 5.65. The second-order valence-electron chi connectivity index (χ2n) is 11.4. The second-order valence-corrected chi connectivity index (χ2v) is 11.4. The summed E-state index contributed by atoms with van der Waals surface area (Å²) in [6.45, 7) is 14.2. The Morgan fingerprint density at radius 2 is 1.31 bits per heavy atom. The smallest absolute Gasteiger partial charge is 0.302 e. The third-order valence-electron chi connectivity index (χ3n) is 10.00. The molecule has 0 radical (unpaired) electrons. The summed E-state index contributed by atoms with van der Waals surface area (Å²) >= 11 is 0. The number of unbranched alkanes of at least 4 members (excludes halogenated alkanes) is 3. The van der Waals surface area contributed by atoms with Crippen molar-refractivity contribution in [2.45, 2.75) is 99.3 Å². The molecule has 4 bridgehead atoms. The van der Waals surface area contributed by atoms with Crippen LogP contribution in [0, 0.1) is 59.2 Å². The fraction of sp³-hybridized carbons (Fsp3) is 0.963. The molecule has 0 aromatic heterocycles. The second kappa shape index (κ2) is 10.2. The summed E-state index contributed by atoms with van der Waals surface area (Å²) in [5.41, 5.74) is 0. The summed E-state index contributed by atoms with van der Waals surface area (Å²) in [5.74, 6) is 9.31. The number of rotatable bonds is 7. The largest absolute Gasteiger partial charge is 0.466 e. The molecule has 4 saturated carbocycles. The fourth-order valence-corrected chi connectivity index (χ4v) is 7.77. The first-order valence-corrected chi connectivity index (χ1v) is 13.0. The van der Waals surface area contributed by atoms with Crippen molar-refractivity contribution < 1.29 is 9.53 Å².